The molecule has 6 nitrogen and oxygen atoms in total. The summed E-state index contributed by atoms with van der Waals surface area (Å²) in [5.41, 5.74) is 6.47. The molecule has 0 saturated heterocycles. The molecule has 2 rings (SSSR count). The molecule has 1 aromatic carbocycles. The number of halogens is 3. The van der Waals surface area contributed by atoms with E-state index in [9.17, 15) is 13.2 Å². The highest BCUT2D eigenvalue weighted by Gasteiger charge is 2.26. The molecule has 0 aliphatic rings. The van der Waals surface area contributed by atoms with E-state index in [2.05, 4.69) is 15.3 Å². The van der Waals surface area contributed by atoms with Crippen molar-refractivity contribution in [2.24, 2.45) is 0 Å². The second-order valence-corrected chi connectivity index (χ2v) is 5.86. The van der Waals surface area contributed by atoms with Crippen LogP contribution in [-0.2, 0) is 0 Å². The van der Waals surface area contributed by atoms with Gasteiger partial charge in [-0.2, -0.15) is 29.9 Å². The van der Waals surface area contributed by atoms with Crippen LogP contribution in [0, 0.1) is 0 Å². The van der Waals surface area contributed by atoms with Crippen LogP contribution >= 0.6 is 11.8 Å². The third-order valence-corrected chi connectivity index (χ3v) is 4.05. The zero-order valence-corrected chi connectivity index (χ0v) is 13.9. The number of nitrogens with one attached hydrogen (secondary N) is 1. The van der Waals surface area contributed by atoms with Gasteiger partial charge in [-0.25, -0.2) is 4.98 Å². The van der Waals surface area contributed by atoms with E-state index in [1.165, 1.54) is 14.2 Å². The summed E-state index contributed by atoms with van der Waals surface area (Å²) in [6.45, 7) is 0.291. The molecular formula is C14H17F3N4O2S. The Balaban J connectivity index is 2.09. The Morgan fingerprint density at radius 1 is 1.17 bits per heavy atom. The Hall–Kier alpha value is -2.10. The van der Waals surface area contributed by atoms with Gasteiger partial charge in [0.1, 0.15) is 5.82 Å². The Bertz CT molecular complexity index is 712. The van der Waals surface area contributed by atoms with Gasteiger partial charge in [-0.05, 0) is 6.07 Å². The van der Waals surface area contributed by atoms with Crippen LogP contribution in [0.25, 0.3) is 10.9 Å². The van der Waals surface area contributed by atoms with Crippen LogP contribution in [0.4, 0.5) is 24.9 Å². The van der Waals surface area contributed by atoms with E-state index in [0.29, 0.717) is 28.9 Å². The monoisotopic (exact) mass is 362 g/mol. The topological polar surface area (TPSA) is 82.3 Å². The maximum absolute atomic E-state index is 12.1. The summed E-state index contributed by atoms with van der Waals surface area (Å²) in [5.74, 6) is 0.879. The normalized spacial score (nSPS) is 11.5. The second kappa shape index (κ2) is 7.65. The van der Waals surface area contributed by atoms with E-state index >= 15 is 0 Å². The average Bonchev–Trinajstić information content (AvgIpc) is 2.52. The van der Waals surface area contributed by atoms with Crippen LogP contribution in [0.3, 0.4) is 0 Å². The maximum Gasteiger partial charge on any atom is 0.397 e. The highest BCUT2D eigenvalue weighted by Crippen LogP contribution is 2.33. The predicted octanol–water partition coefficient (Wildman–Crippen LogP) is 2.94. The van der Waals surface area contributed by atoms with Crippen LogP contribution in [0.15, 0.2) is 12.1 Å². The molecule has 2 aromatic rings. The van der Waals surface area contributed by atoms with Gasteiger partial charge in [0, 0.05) is 23.8 Å². The van der Waals surface area contributed by atoms with Gasteiger partial charge in [-0.1, -0.05) is 0 Å². The summed E-state index contributed by atoms with van der Waals surface area (Å²) in [6, 6.07) is 3.34. The number of fused-ring (bicyclic) bond motifs is 1. The van der Waals surface area contributed by atoms with E-state index in [0.717, 1.165) is 11.8 Å². The number of ether oxygens (including phenoxy) is 2. The number of hydrogen-bond acceptors (Lipinski definition) is 7. The predicted molar refractivity (Wildman–Crippen MR) is 88.9 cm³/mol. The van der Waals surface area contributed by atoms with Gasteiger partial charge in [-0.3, -0.25) is 0 Å². The fourth-order valence-electron chi connectivity index (χ4n) is 1.98. The van der Waals surface area contributed by atoms with Gasteiger partial charge in [0.25, 0.3) is 0 Å². The van der Waals surface area contributed by atoms with Crippen molar-refractivity contribution in [3.8, 4) is 11.5 Å². The van der Waals surface area contributed by atoms with Gasteiger partial charge in [0.15, 0.2) is 11.5 Å². The number of nitrogens with zero attached hydrogens (tertiary/aromatic N) is 2. The van der Waals surface area contributed by atoms with Crippen LogP contribution in [-0.4, -0.2) is 48.4 Å². The Morgan fingerprint density at radius 2 is 1.83 bits per heavy atom. The number of methoxy groups -OCH3 is 2. The number of hydrogen-bond donors (Lipinski definition) is 2. The van der Waals surface area contributed by atoms with Crippen molar-refractivity contribution < 1.29 is 22.6 Å². The molecule has 3 N–H and O–H groups in total. The molecule has 0 amide bonds. The van der Waals surface area contributed by atoms with Crippen molar-refractivity contribution in [1.29, 1.82) is 0 Å². The third kappa shape index (κ3) is 4.70. The lowest BCUT2D eigenvalue weighted by atomic mass is 10.2. The fraction of sp³-hybridized carbons (Fsp3) is 0.429. The summed E-state index contributed by atoms with van der Waals surface area (Å²) in [5, 5.41) is 3.47. The summed E-state index contributed by atoms with van der Waals surface area (Å²) in [6.07, 6.45) is -4.16. The fourth-order valence-corrected chi connectivity index (χ4v) is 2.60. The molecule has 0 aliphatic carbocycles. The van der Waals surface area contributed by atoms with Crippen molar-refractivity contribution in [3.63, 3.8) is 0 Å². The minimum Gasteiger partial charge on any atom is -0.493 e. The first-order valence-electron chi connectivity index (χ1n) is 6.91. The lowest BCUT2D eigenvalue weighted by Crippen LogP contribution is -2.14. The number of aromatic nitrogens is 2. The zero-order chi connectivity index (χ0) is 17.7. The standard InChI is InChI=1S/C14H17F3N4O2S/c1-22-10-5-8-9(6-11(10)23-2)20-13(21-12(8)18)19-3-4-24-7-14(15,16)17/h5-6H,3-4,7H2,1-2H3,(H3,18,19,20,21). The third-order valence-electron chi connectivity index (χ3n) is 3.03. The molecule has 10 heteroatoms. The average molecular weight is 362 g/mol. The van der Waals surface area contributed by atoms with Crippen molar-refractivity contribution in [1.82, 2.24) is 9.97 Å². The first kappa shape index (κ1) is 18.2. The zero-order valence-electron chi connectivity index (χ0n) is 13.1. The van der Waals surface area contributed by atoms with E-state index in [-0.39, 0.29) is 17.5 Å². The van der Waals surface area contributed by atoms with Gasteiger partial charge >= 0.3 is 6.18 Å². The molecule has 0 aliphatic heterocycles. The number of anilines is 2. The molecule has 0 spiro atoms. The number of rotatable bonds is 7. The van der Waals surface area contributed by atoms with Crippen LogP contribution in [0.2, 0.25) is 0 Å². The molecule has 24 heavy (non-hydrogen) atoms. The Kier molecular flexibility index (Phi) is 5.81. The molecule has 0 unspecified atom stereocenters. The molecular weight excluding hydrogens is 345 g/mol. The molecule has 1 heterocycles. The maximum atomic E-state index is 12.1. The molecule has 132 valence electrons. The first-order valence-corrected chi connectivity index (χ1v) is 8.07. The lowest BCUT2D eigenvalue weighted by molar-refractivity contribution is -0.105. The molecule has 0 atom stereocenters. The quantitative estimate of drug-likeness (QED) is 0.733. The van der Waals surface area contributed by atoms with Crippen LogP contribution in [0.1, 0.15) is 0 Å². The minimum atomic E-state index is -4.16. The van der Waals surface area contributed by atoms with E-state index in [1.807, 2.05) is 0 Å². The number of thioether (sulfide) groups is 1. The first-order chi connectivity index (χ1) is 11.3. The lowest BCUT2D eigenvalue weighted by Gasteiger charge is -2.11. The summed E-state index contributed by atoms with van der Waals surface area (Å²) in [4.78, 5) is 8.40. The van der Waals surface area contributed by atoms with Crippen LogP contribution in [0.5, 0.6) is 11.5 Å². The molecule has 0 radical (unpaired) electrons. The largest absolute Gasteiger partial charge is 0.493 e. The van der Waals surface area contributed by atoms with E-state index < -0.39 is 11.9 Å². The Labute approximate surface area is 140 Å². The summed E-state index contributed by atoms with van der Waals surface area (Å²) >= 11 is 0.787. The summed E-state index contributed by atoms with van der Waals surface area (Å²) < 4.78 is 46.6. The van der Waals surface area contributed by atoms with E-state index in [4.69, 9.17) is 15.2 Å². The number of nitrogens with two attached hydrogens (primary N) is 1. The van der Waals surface area contributed by atoms with Gasteiger partial charge < -0.3 is 20.5 Å². The smallest absolute Gasteiger partial charge is 0.397 e. The van der Waals surface area contributed by atoms with Crippen molar-refractivity contribution >= 4 is 34.4 Å². The SMILES string of the molecule is COc1cc2nc(NCCSCC(F)(F)F)nc(N)c2cc1OC. The minimum absolute atomic E-state index is 0.242. The summed E-state index contributed by atoms with van der Waals surface area (Å²) in [7, 11) is 3.01. The van der Waals surface area contributed by atoms with Gasteiger partial charge in [0.2, 0.25) is 5.95 Å². The van der Waals surface area contributed by atoms with Crippen molar-refractivity contribution in [2.75, 3.05) is 43.3 Å². The number of benzene rings is 1. The van der Waals surface area contributed by atoms with Crippen LogP contribution < -0.4 is 20.5 Å². The molecule has 0 saturated carbocycles. The van der Waals surface area contributed by atoms with Crippen molar-refractivity contribution in [2.45, 2.75) is 6.18 Å². The van der Waals surface area contributed by atoms with Gasteiger partial charge in [0.05, 0.1) is 25.5 Å². The number of alkyl halides is 3. The van der Waals surface area contributed by atoms with E-state index in [1.54, 1.807) is 12.1 Å². The Morgan fingerprint density at radius 3 is 2.46 bits per heavy atom. The molecule has 1 aromatic heterocycles. The molecule has 0 fully saturated rings. The van der Waals surface area contributed by atoms with Crippen molar-refractivity contribution in [3.05, 3.63) is 12.1 Å². The molecule has 0 bridgehead atoms. The highest BCUT2D eigenvalue weighted by molar-refractivity contribution is 7.99. The highest BCUT2D eigenvalue weighted by atomic mass is 32.2. The second-order valence-electron chi connectivity index (χ2n) is 4.75. The van der Waals surface area contributed by atoms with Gasteiger partial charge in [-0.15, -0.1) is 0 Å². The number of nitrogen functional groups attached to an aromatic ring is 1.